The Balaban J connectivity index is 1.31. The van der Waals surface area contributed by atoms with Crippen molar-refractivity contribution >= 4 is 11.6 Å². The van der Waals surface area contributed by atoms with Crippen molar-refractivity contribution in [1.82, 2.24) is 4.90 Å². The Morgan fingerprint density at radius 1 is 1.19 bits per heavy atom. The quantitative estimate of drug-likeness (QED) is 0.821. The third-order valence-corrected chi connectivity index (χ3v) is 6.88. The summed E-state index contributed by atoms with van der Waals surface area (Å²) in [6.45, 7) is 1.29. The smallest absolute Gasteiger partial charge is 0.225 e. The molecule has 0 radical (unpaired) electrons. The second kappa shape index (κ2) is 8.17. The Kier molecular flexibility index (Phi) is 5.36. The minimum Gasteiger partial charge on any atom is -0.487 e. The molecule has 4 atom stereocenters. The molecule has 5 rings (SSSR count). The number of amides is 1. The van der Waals surface area contributed by atoms with Gasteiger partial charge in [0.15, 0.2) is 0 Å². The maximum Gasteiger partial charge on any atom is 0.225 e. The molecule has 0 unspecified atom stereocenters. The molecule has 0 spiro atoms. The summed E-state index contributed by atoms with van der Waals surface area (Å²) in [6, 6.07) is 14.5. The highest BCUT2D eigenvalue weighted by molar-refractivity contribution is 5.77. The first-order valence-electron chi connectivity index (χ1n) is 11.1. The Bertz CT molecular complexity index is 976. The fourth-order valence-corrected chi connectivity index (χ4v) is 5.19. The fraction of sp³-hybridized carbons (Fsp3) is 0.480. The number of aliphatic hydroxyl groups is 1. The van der Waals surface area contributed by atoms with Crippen LogP contribution in [0.1, 0.15) is 35.4 Å². The normalized spacial score (nSPS) is 26.5. The minimum atomic E-state index is -0.422. The second-order valence-corrected chi connectivity index (χ2v) is 9.06. The molecule has 2 aromatic rings. The molecular weight excluding hydrogens is 392 g/mol. The van der Waals surface area contributed by atoms with Crippen LogP contribution in [-0.4, -0.2) is 61.5 Å². The molecule has 3 aliphatic rings. The van der Waals surface area contributed by atoms with E-state index in [0.29, 0.717) is 13.0 Å². The van der Waals surface area contributed by atoms with Crippen LogP contribution in [0.2, 0.25) is 0 Å². The highest BCUT2D eigenvalue weighted by Gasteiger charge is 2.46. The third-order valence-electron chi connectivity index (χ3n) is 6.88. The summed E-state index contributed by atoms with van der Waals surface area (Å²) in [6.07, 6.45) is 1.11. The van der Waals surface area contributed by atoms with Crippen molar-refractivity contribution in [3.8, 4) is 5.75 Å². The van der Waals surface area contributed by atoms with Gasteiger partial charge in [-0.2, -0.15) is 0 Å². The van der Waals surface area contributed by atoms with Crippen LogP contribution in [0.4, 0.5) is 5.69 Å². The molecule has 2 aromatic carbocycles. The van der Waals surface area contributed by atoms with Crippen LogP contribution in [0, 0.1) is 0 Å². The van der Waals surface area contributed by atoms with Crippen LogP contribution in [0.15, 0.2) is 42.5 Å². The van der Waals surface area contributed by atoms with E-state index in [4.69, 9.17) is 9.47 Å². The molecule has 1 fully saturated rings. The molecule has 164 valence electrons. The van der Waals surface area contributed by atoms with Gasteiger partial charge in [0, 0.05) is 44.4 Å². The zero-order valence-electron chi connectivity index (χ0n) is 18.2. The van der Waals surface area contributed by atoms with Gasteiger partial charge in [-0.1, -0.05) is 24.3 Å². The number of nitrogens with zero attached hydrogens (tertiary/aromatic N) is 2. The molecule has 1 amide bonds. The van der Waals surface area contributed by atoms with Gasteiger partial charge in [-0.3, -0.25) is 4.79 Å². The summed E-state index contributed by atoms with van der Waals surface area (Å²) in [5.41, 5.74) is 4.84. The Hall–Kier alpha value is -2.57. The lowest BCUT2D eigenvalue weighted by Gasteiger charge is -2.38. The monoisotopic (exact) mass is 422 g/mol. The first kappa shape index (κ1) is 20.3. The standard InChI is InChI=1S/C25H30N2O4/c1-26(2)18-7-8-22-20(11-18)21-12-19(30-23(15-28)25(21)31-22)13-24(29)27-10-9-16-5-3-4-6-17(16)14-27/h3-8,11,19,21,23,25,28H,9-10,12-15H2,1-2H3/t19-,21+,23+,25-/m1/s1. The number of carbonyl (C=O) groups excluding carboxylic acids is 1. The van der Waals surface area contributed by atoms with Crippen molar-refractivity contribution < 1.29 is 19.4 Å². The molecule has 0 saturated carbocycles. The number of ether oxygens (including phenoxy) is 2. The minimum absolute atomic E-state index is 0.114. The molecule has 1 N–H and O–H groups in total. The SMILES string of the molecule is CN(C)c1ccc2c(c1)[C@@H]1C[C@H](CC(=O)N3CCc4ccccc4C3)O[C@@H](CO)[C@@H]1O2. The van der Waals surface area contributed by atoms with E-state index >= 15 is 0 Å². The van der Waals surface area contributed by atoms with Gasteiger partial charge < -0.3 is 24.4 Å². The number of carbonyl (C=O) groups is 1. The van der Waals surface area contributed by atoms with Gasteiger partial charge in [-0.05, 0) is 42.2 Å². The van der Waals surface area contributed by atoms with Gasteiger partial charge in [0.25, 0.3) is 0 Å². The van der Waals surface area contributed by atoms with Gasteiger partial charge in [-0.25, -0.2) is 0 Å². The Morgan fingerprint density at radius 3 is 2.77 bits per heavy atom. The number of hydrogen-bond donors (Lipinski definition) is 1. The highest BCUT2D eigenvalue weighted by atomic mass is 16.6. The maximum absolute atomic E-state index is 13.1. The lowest BCUT2D eigenvalue weighted by molar-refractivity contribution is -0.149. The molecule has 3 aliphatic heterocycles. The molecule has 6 heteroatoms. The van der Waals surface area contributed by atoms with Crippen LogP contribution in [0.5, 0.6) is 5.75 Å². The van der Waals surface area contributed by atoms with Crippen molar-refractivity contribution in [1.29, 1.82) is 0 Å². The summed E-state index contributed by atoms with van der Waals surface area (Å²) < 4.78 is 12.3. The van der Waals surface area contributed by atoms with Crippen molar-refractivity contribution in [3.63, 3.8) is 0 Å². The maximum atomic E-state index is 13.1. The van der Waals surface area contributed by atoms with E-state index in [1.54, 1.807) is 0 Å². The molecule has 6 nitrogen and oxygen atoms in total. The van der Waals surface area contributed by atoms with E-state index in [1.807, 2.05) is 37.2 Å². The first-order chi connectivity index (χ1) is 15.0. The Morgan fingerprint density at radius 2 is 2.00 bits per heavy atom. The number of anilines is 1. The molecule has 1 saturated heterocycles. The largest absolute Gasteiger partial charge is 0.487 e. The number of fused-ring (bicyclic) bond motifs is 4. The average Bonchev–Trinajstić information content (AvgIpc) is 3.16. The van der Waals surface area contributed by atoms with Crippen molar-refractivity contribution in [2.24, 2.45) is 0 Å². The molecule has 0 aliphatic carbocycles. The van der Waals surface area contributed by atoms with Gasteiger partial charge in [0.2, 0.25) is 5.91 Å². The zero-order valence-corrected chi connectivity index (χ0v) is 18.2. The number of aliphatic hydroxyl groups excluding tert-OH is 1. The number of benzene rings is 2. The molecular formula is C25H30N2O4. The highest BCUT2D eigenvalue weighted by Crippen LogP contribution is 2.47. The predicted molar refractivity (Wildman–Crippen MR) is 118 cm³/mol. The molecule has 0 aromatic heterocycles. The summed E-state index contributed by atoms with van der Waals surface area (Å²) >= 11 is 0. The van der Waals surface area contributed by atoms with Crippen LogP contribution in [0.25, 0.3) is 0 Å². The van der Waals surface area contributed by atoms with E-state index in [2.05, 4.69) is 29.2 Å². The average molecular weight is 423 g/mol. The van der Waals surface area contributed by atoms with Gasteiger partial charge in [0.1, 0.15) is 18.0 Å². The fourth-order valence-electron chi connectivity index (χ4n) is 5.19. The van der Waals surface area contributed by atoms with Gasteiger partial charge in [0.05, 0.1) is 19.1 Å². The van der Waals surface area contributed by atoms with Crippen LogP contribution in [0.3, 0.4) is 0 Å². The summed E-state index contributed by atoms with van der Waals surface area (Å²) in [7, 11) is 4.04. The summed E-state index contributed by atoms with van der Waals surface area (Å²) in [4.78, 5) is 17.1. The summed E-state index contributed by atoms with van der Waals surface area (Å²) in [5, 5.41) is 9.96. The zero-order chi connectivity index (χ0) is 21.5. The Labute approximate surface area is 183 Å². The summed E-state index contributed by atoms with van der Waals surface area (Å²) in [5.74, 6) is 1.11. The van der Waals surface area contributed by atoms with Crippen molar-refractivity contribution in [3.05, 3.63) is 59.2 Å². The first-order valence-corrected chi connectivity index (χ1v) is 11.1. The second-order valence-electron chi connectivity index (χ2n) is 9.06. The van der Waals surface area contributed by atoms with E-state index in [-0.39, 0.29) is 30.6 Å². The van der Waals surface area contributed by atoms with E-state index in [9.17, 15) is 9.90 Å². The molecule has 3 heterocycles. The van der Waals surface area contributed by atoms with Crippen molar-refractivity contribution in [2.75, 3.05) is 32.1 Å². The lowest BCUT2D eigenvalue weighted by atomic mass is 9.84. The van der Waals surface area contributed by atoms with Crippen LogP contribution in [-0.2, 0) is 22.5 Å². The topological polar surface area (TPSA) is 62.2 Å². The number of hydrogen-bond acceptors (Lipinski definition) is 5. The van der Waals surface area contributed by atoms with E-state index in [1.165, 1.54) is 11.1 Å². The third kappa shape index (κ3) is 3.79. The van der Waals surface area contributed by atoms with E-state index < -0.39 is 6.10 Å². The number of rotatable bonds is 4. The molecule has 0 bridgehead atoms. The van der Waals surface area contributed by atoms with Crippen LogP contribution < -0.4 is 9.64 Å². The van der Waals surface area contributed by atoms with E-state index in [0.717, 1.165) is 36.4 Å². The van der Waals surface area contributed by atoms with Gasteiger partial charge >= 0.3 is 0 Å². The molecule has 31 heavy (non-hydrogen) atoms. The van der Waals surface area contributed by atoms with Crippen molar-refractivity contribution in [2.45, 2.75) is 50.0 Å². The van der Waals surface area contributed by atoms with Crippen LogP contribution >= 0.6 is 0 Å². The lowest BCUT2D eigenvalue weighted by Crippen LogP contribution is -2.48. The van der Waals surface area contributed by atoms with Gasteiger partial charge in [-0.15, -0.1) is 0 Å². The predicted octanol–water partition coefficient (Wildman–Crippen LogP) is 2.72.